The summed E-state index contributed by atoms with van der Waals surface area (Å²) in [7, 11) is 0. The Balaban J connectivity index is 1.62. The van der Waals surface area contributed by atoms with Gasteiger partial charge in [-0.3, -0.25) is 29.8 Å². The van der Waals surface area contributed by atoms with Crippen LogP contribution < -0.4 is 20.3 Å². The normalized spacial score (nSPS) is 14.3. The minimum Gasteiger partial charge on any atom is -0.482 e. The van der Waals surface area contributed by atoms with Crippen LogP contribution in [0.15, 0.2) is 75.2 Å². The number of nitro benzene ring substituents is 1. The molecule has 2 N–H and O–H groups in total. The van der Waals surface area contributed by atoms with E-state index in [0.717, 1.165) is 17.7 Å². The van der Waals surface area contributed by atoms with Gasteiger partial charge in [0.05, 0.1) is 15.1 Å². The van der Waals surface area contributed by atoms with Crippen LogP contribution in [0.25, 0.3) is 6.08 Å². The van der Waals surface area contributed by atoms with Gasteiger partial charge in [0, 0.05) is 27.9 Å². The number of imide groups is 2. The van der Waals surface area contributed by atoms with E-state index in [9.17, 15) is 29.3 Å². The van der Waals surface area contributed by atoms with Crippen molar-refractivity contribution in [2.24, 2.45) is 0 Å². The van der Waals surface area contributed by atoms with E-state index in [1.165, 1.54) is 18.2 Å². The molecule has 0 spiro atoms. The first-order valence-corrected chi connectivity index (χ1v) is 12.8. The molecule has 0 aromatic heterocycles. The fourth-order valence-corrected chi connectivity index (χ4v) is 5.04. The van der Waals surface area contributed by atoms with E-state index in [-0.39, 0.29) is 29.3 Å². The van der Waals surface area contributed by atoms with E-state index in [1.54, 1.807) is 30.3 Å². The van der Waals surface area contributed by atoms with Crippen LogP contribution in [0.3, 0.4) is 0 Å². The van der Waals surface area contributed by atoms with E-state index in [2.05, 4.69) is 42.5 Å². The largest absolute Gasteiger partial charge is 0.482 e. The van der Waals surface area contributed by atoms with E-state index < -0.39 is 34.2 Å². The number of barbiturate groups is 1. The highest BCUT2D eigenvalue weighted by Gasteiger charge is 2.37. The summed E-state index contributed by atoms with van der Waals surface area (Å²) < 4.78 is 6.76. The Morgan fingerprint density at radius 3 is 2.49 bits per heavy atom. The number of halogens is 2. The average Bonchev–Trinajstić information content (AvgIpc) is 2.86. The number of hydrogen-bond acceptors (Lipinski definition) is 7. The number of hydrogen-bond donors (Lipinski definition) is 2. The van der Waals surface area contributed by atoms with Crippen LogP contribution in [0, 0.1) is 17.0 Å². The first-order valence-electron chi connectivity index (χ1n) is 11.2. The minimum atomic E-state index is -1.00. The van der Waals surface area contributed by atoms with Gasteiger partial charge in [0.15, 0.2) is 6.61 Å². The number of benzene rings is 3. The van der Waals surface area contributed by atoms with E-state index in [0.29, 0.717) is 19.5 Å². The molecule has 198 valence electrons. The molecule has 13 heteroatoms. The van der Waals surface area contributed by atoms with Crippen molar-refractivity contribution >= 4 is 78.8 Å². The highest BCUT2D eigenvalue weighted by Crippen LogP contribution is 2.35. The Bertz CT molecular complexity index is 1550. The number of nitrogens with one attached hydrogen (secondary N) is 2. The SMILES string of the molecule is Cc1cccc(NC(=O)COc2c(Br)cc(Br)cc2/C=C2/C(=O)NC(=O)N(c3ccc([N+](=O)[O-])cc3)C2=O)c1. The van der Waals surface area contributed by atoms with Gasteiger partial charge in [0.25, 0.3) is 23.4 Å². The maximum atomic E-state index is 13.3. The Hall–Kier alpha value is -4.36. The van der Waals surface area contributed by atoms with Gasteiger partial charge in [0.1, 0.15) is 11.3 Å². The summed E-state index contributed by atoms with van der Waals surface area (Å²) in [6, 6.07) is 14.2. The summed E-state index contributed by atoms with van der Waals surface area (Å²) in [5.41, 5.74) is 1.23. The van der Waals surface area contributed by atoms with Crippen LogP contribution in [0.2, 0.25) is 0 Å². The number of nitrogens with zero attached hydrogens (tertiary/aromatic N) is 2. The molecule has 0 saturated carbocycles. The molecule has 3 aromatic rings. The lowest BCUT2D eigenvalue weighted by Gasteiger charge is -2.26. The standard InChI is InChI=1S/C26H18Br2N4O7/c1-14-3-2-4-17(9-14)29-22(33)13-39-23-15(10-16(27)12-21(23)28)11-20-24(34)30-26(36)31(25(20)35)18-5-7-19(8-6-18)32(37)38/h2-12H,13H2,1H3,(H,29,33)(H,30,34,36)/b20-11-. The number of amides is 5. The molecular formula is C26H18Br2N4O7. The Kier molecular flexibility index (Phi) is 8.21. The molecule has 5 amide bonds. The molecule has 3 aromatic carbocycles. The van der Waals surface area contributed by atoms with Crippen LogP contribution in [0.4, 0.5) is 21.9 Å². The lowest BCUT2D eigenvalue weighted by Crippen LogP contribution is -2.54. The zero-order chi connectivity index (χ0) is 28.3. The van der Waals surface area contributed by atoms with Crippen LogP contribution in [0.1, 0.15) is 11.1 Å². The molecular weight excluding hydrogens is 640 g/mol. The lowest BCUT2D eigenvalue weighted by molar-refractivity contribution is -0.384. The molecule has 1 aliphatic rings. The van der Waals surface area contributed by atoms with Gasteiger partial charge in [-0.25, -0.2) is 9.69 Å². The molecule has 1 saturated heterocycles. The second-order valence-electron chi connectivity index (χ2n) is 8.24. The van der Waals surface area contributed by atoms with E-state index >= 15 is 0 Å². The third-order valence-corrected chi connectivity index (χ3v) is 6.45. The highest BCUT2D eigenvalue weighted by atomic mass is 79.9. The first-order chi connectivity index (χ1) is 18.5. The number of rotatable bonds is 7. The van der Waals surface area contributed by atoms with Gasteiger partial charge in [-0.05, 0) is 70.9 Å². The molecule has 0 atom stereocenters. The van der Waals surface area contributed by atoms with Gasteiger partial charge in [-0.1, -0.05) is 28.1 Å². The average molecular weight is 658 g/mol. The maximum Gasteiger partial charge on any atom is 0.335 e. The molecule has 1 fully saturated rings. The fraction of sp³-hybridized carbons (Fsp3) is 0.0769. The number of carbonyl (C=O) groups excluding carboxylic acids is 4. The molecule has 4 rings (SSSR count). The van der Waals surface area contributed by atoms with Crippen LogP contribution in [-0.2, 0) is 14.4 Å². The maximum absolute atomic E-state index is 13.3. The molecule has 0 radical (unpaired) electrons. The van der Waals surface area contributed by atoms with Crippen molar-refractivity contribution in [1.82, 2.24) is 5.32 Å². The molecule has 0 unspecified atom stereocenters. The Labute approximate surface area is 238 Å². The molecule has 0 bridgehead atoms. The molecule has 0 aliphatic carbocycles. The summed E-state index contributed by atoms with van der Waals surface area (Å²) in [6.45, 7) is 1.52. The van der Waals surface area contributed by atoms with Gasteiger partial charge in [-0.2, -0.15) is 0 Å². The number of aryl methyl sites for hydroxylation is 1. The van der Waals surface area contributed by atoms with Crippen LogP contribution >= 0.6 is 31.9 Å². The monoisotopic (exact) mass is 656 g/mol. The predicted octanol–water partition coefficient (Wildman–Crippen LogP) is 5.11. The van der Waals surface area contributed by atoms with Gasteiger partial charge in [-0.15, -0.1) is 0 Å². The number of anilines is 2. The predicted molar refractivity (Wildman–Crippen MR) is 149 cm³/mol. The Morgan fingerprint density at radius 2 is 1.82 bits per heavy atom. The number of urea groups is 1. The Morgan fingerprint density at radius 1 is 1.10 bits per heavy atom. The van der Waals surface area contributed by atoms with Gasteiger partial charge in [0.2, 0.25) is 0 Å². The number of ether oxygens (including phenoxy) is 1. The quantitative estimate of drug-likeness (QED) is 0.155. The summed E-state index contributed by atoms with van der Waals surface area (Å²) >= 11 is 6.73. The third kappa shape index (κ3) is 6.38. The first kappa shape index (κ1) is 27.7. The van der Waals surface area contributed by atoms with E-state index in [1.807, 2.05) is 13.0 Å². The third-order valence-electron chi connectivity index (χ3n) is 5.41. The summed E-state index contributed by atoms with van der Waals surface area (Å²) in [4.78, 5) is 61.9. The second kappa shape index (κ2) is 11.6. The van der Waals surface area contributed by atoms with Crippen molar-refractivity contribution in [3.8, 4) is 5.75 Å². The summed E-state index contributed by atoms with van der Waals surface area (Å²) in [5.74, 6) is -2.15. The lowest BCUT2D eigenvalue weighted by atomic mass is 10.1. The zero-order valence-electron chi connectivity index (χ0n) is 20.1. The van der Waals surface area contributed by atoms with Gasteiger partial charge >= 0.3 is 6.03 Å². The topological polar surface area (TPSA) is 148 Å². The van der Waals surface area contributed by atoms with Crippen molar-refractivity contribution in [3.63, 3.8) is 0 Å². The van der Waals surface area contributed by atoms with Crippen LogP contribution in [0.5, 0.6) is 5.75 Å². The molecule has 39 heavy (non-hydrogen) atoms. The fourth-order valence-electron chi connectivity index (χ4n) is 3.67. The molecule has 11 nitrogen and oxygen atoms in total. The summed E-state index contributed by atoms with van der Waals surface area (Å²) in [5, 5.41) is 15.8. The van der Waals surface area contributed by atoms with Crippen LogP contribution in [-0.4, -0.2) is 35.3 Å². The smallest absolute Gasteiger partial charge is 0.335 e. The number of carbonyl (C=O) groups is 4. The molecule has 1 aliphatic heterocycles. The second-order valence-corrected chi connectivity index (χ2v) is 10.0. The van der Waals surface area contributed by atoms with Crippen molar-refractivity contribution in [2.45, 2.75) is 6.92 Å². The zero-order valence-corrected chi connectivity index (χ0v) is 23.2. The minimum absolute atomic E-state index is 0.0289. The van der Waals surface area contributed by atoms with Crippen molar-refractivity contribution in [1.29, 1.82) is 0 Å². The number of non-ortho nitro benzene ring substituents is 1. The van der Waals surface area contributed by atoms with Crippen molar-refractivity contribution < 1.29 is 28.8 Å². The van der Waals surface area contributed by atoms with Gasteiger partial charge < -0.3 is 10.1 Å². The van der Waals surface area contributed by atoms with Crippen molar-refractivity contribution in [3.05, 3.63) is 96.4 Å². The summed E-state index contributed by atoms with van der Waals surface area (Å²) in [6.07, 6.45) is 1.23. The van der Waals surface area contributed by atoms with E-state index in [4.69, 9.17) is 4.74 Å². The van der Waals surface area contributed by atoms with Crippen molar-refractivity contribution in [2.75, 3.05) is 16.8 Å². The molecule has 1 heterocycles. The highest BCUT2D eigenvalue weighted by molar-refractivity contribution is 9.11. The number of nitro groups is 1.